The minimum atomic E-state index is -0.121. The van der Waals surface area contributed by atoms with Gasteiger partial charge in [-0.1, -0.05) is 26.0 Å². The van der Waals surface area contributed by atoms with Crippen molar-refractivity contribution in [2.24, 2.45) is 5.92 Å². The number of rotatable bonds is 7. The van der Waals surface area contributed by atoms with Crippen molar-refractivity contribution in [3.63, 3.8) is 0 Å². The maximum Gasteiger partial charge on any atom is 0.257 e. The molecule has 2 amide bonds. The molecule has 1 aromatic carbocycles. The van der Waals surface area contributed by atoms with Crippen LogP contribution in [0.15, 0.2) is 47.3 Å². The number of nitrogens with one attached hydrogen (secondary N) is 1. The first-order chi connectivity index (χ1) is 13.5. The first kappa shape index (κ1) is 20.0. The van der Waals surface area contributed by atoms with Crippen LogP contribution in [0.3, 0.4) is 0 Å². The van der Waals surface area contributed by atoms with Gasteiger partial charge in [-0.05, 0) is 48.4 Å². The average Bonchev–Trinajstić information content (AvgIpc) is 3.25. The number of ether oxygens (including phenoxy) is 1. The van der Waals surface area contributed by atoms with Crippen LogP contribution in [0.4, 0.5) is 0 Å². The van der Waals surface area contributed by atoms with Crippen LogP contribution in [0, 0.1) is 5.92 Å². The van der Waals surface area contributed by atoms with Crippen LogP contribution in [0.5, 0.6) is 5.75 Å². The minimum Gasteiger partial charge on any atom is -0.484 e. The van der Waals surface area contributed by atoms with Gasteiger partial charge in [0.15, 0.2) is 6.61 Å². The lowest BCUT2D eigenvalue weighted by Gasteiger charge is -2.31. The van der Waals surface area contributed by atoms with E-state index < -0.39 is 0 Å². The van der Waals surface area contributed by atoms with E-state index in [4.69, 9.17) is 9.15 Å². The second-order valence-corrected chi connectivity index (χ2v) is 7.56. The number of furan rings is 1. The van der Waals surface area contributed by atoms with Gasteiger partial charge in [-0.2, -0.15) is 0 Å². The molecule has 1 aliphatic rings. The van der Waals surface area contributed by atoms with Crippen LogP contribution >= 0.6 is 0 Å². The molecule has 1 N–H and O–H groups in total. The third-order valence-electron chi connectivity index (χ3n) is 5.17. The maximum atomic E-state index is 12.3. The molecule has 6 nitrogen and oxygen atoms in total. The Morgan fingerprint density at radius 2 is 1.89 bits per heavy atom. The molecule has 1 aromatic heterocycles. The summed E-state index contributed by atoms with van der Waals surface area (Å²) in [7, 11) is 0. The normalized spacial score (nSPS) is 14.9. The fourth-order valence-electron chi connectivity index (χ4n) is 3.32. The van der Waals surface area contributed by atoms with E-state index in [-0.39, 0.29) is 18.4 Å². The van der Waals surface area contributed by atoms with Crippen LogP contribution < -0.4 is 10.1 Å². The Labute approximate surface area is 165 Å². The standard InChI is InChI=1S/C22H28N2O4/c1-16(2)18-3-5-20(6-4-18)28-15-21(25)23-13-17-7-10-24(11-8-17)22(26)19-9-12-27-14-19/h3-6,9,12,14,16-17H,7-8,10-11,13,15H2,1-2H3,(H,23,25). The average molecular weight is 384 g/mol. The third kappa shape index (κ3) is 5.38. The van der Waals surface area contributed by atoms with Crippen molar-refractivity contribution >= 4 is 11.8 Å². The van der Waals surface area contributed by atoms with Gasteiger partial charge >= 0.3 is 0 Å². The Balaban J connectivity index is 1.34. The zero-order valence-corrected chi connectivity index (χ0v) is 16.5. The van der Waals surface area contributed by atoms with Crippen molar-refractivity contribution < 1.29 is 18.7 Å². The summed E-state index contributed by atoms with van der Waals surface area (Å²) < 4.78 is 10.5. The summed E-state index contributed by atoms with van der Waals surface area (Å²) in [6, 6.07) is 9.53. The van der Waals surface area contributed by atoms with Crippen LogP contribution in [0.1, 0.15) is 48.5 Å². The van der Waals surface area contributed by atoms with Gasteiger partial charge in [-0.15, -0.1) is 0 Å². The zero-order chi connectivity index (χ0) is 19.9. The van der Waals surface area contributed by atoms with Gasteiger partial charge in [0.1, 0.15) is 12.0 Å². The molecule has 0 spiro atoms. The highest BCUT2D eigenvalue weighted by atomic mass is 16.5. The number of nitrogens with zero attached hydrogens (tertiary/aromatic N) is 1. The molecule has 1 saturated heterocycles. The van der Waals surface area contributed by atoms with E-state index in [1.807, 2.05) is 29.2 Å². The monoisotopic (exact) mass is 384 g/mol. The first-order valence-electron chi connectivity index (χ1n) is 9.84. The van der Waals surface area contributed by atoms with Crippen LogP contribution in [0.25, 0.3) is 0 Å². The van der Waals surface area contributed by atoms with E-state index in [1.165, 1.54) is 18.1 Å². The highest BCUT2D eigenvalue weighted by Crippen LogP contribution is 2.20. The summed E-state index contributed by atoms with van der Waals surface area (Å²) in [6.07, 6.45) is 4.74. The molecule has 3 rings (SSSR count). The number of likely N-dealkylation sites (tertiary alicyclic amines) is 1. The first-order valence-corrected chi connectivity index (χ1v) is 9.84. The summed E-state index contributed by atoms with van der Waals surface area (Å²) in [5.41, 5.74) is 1.83. The van der Waals surface area contributed by atoms with Gasteiger partial charge in [0.25, 0.3) is 11.8 Å². The molecule has 2 heterocycles. The summed E-state index contributed by atoms with van der Waals surface area (Å²) in [5, 5.41) is 2.94. The predicted molar refractivity (Wildman–Crippen MR) is 106 cm³/mol. The van der Waals surface area contributed by atoms with Crippen LogP contribution in [0.2, 0.25) is 0 Å². The van der Waals surface area contributed by atoms with Crippen LogP contribution in [-0.4, -0.2) is 43.0 Å². The number of amides is 2. The maximum absolute atomic E-state index is 12.3. The summed E-state index contributed by atoms with van der Waals surface area (Å²) in [5.74, 6) is 1.44. The van der Waals surface area contributed by atoms with Crippen molar-refractivity contribution in [1.82, 2.24) is 10.2 Å². The van der Waals surface area contributed by atoms with Gasteiger partial charge in [-0.25, -0.2) is 0 Å². The van der Waals surface area contributed by atoms with E-state index in [0.717, 1.165) is 12.8 Å². The Morgan fingerprint density at radius 1 is 1.18 bits per heavy atom. The second kappa shape index (κ2) is 9.44. The number of piperidine rings is 1. The highest BCUT2D eigenvalue weighted by Gasteiger charge is 2.24. The van der Waals surface area contributed by atoms with Crippen molar-refractivity contribution in [2.45, 2.75) is 32.6 Å². The topological polar surface area (TPSA) is 71.8 Å². The van der Waals surface area contributed by atoms with Crippen molar-refractivity contribution in [1.29, 1.82) is 0 Å². The molecular weight excluding hydrogens is 356 g/mol. The molecule has 1 aliphatic heterocycles. The fraction of sp³-hybridized carbons (Fsp3) is 0.455. The fourth-order valence-corrected chi connectivity index (χ4v) is 3.32. The smallest absolute Gasteiger partial charge is 0.257 e. The lowest BCUT2D eigenvalue weighted by Crippen LogP contribution is -2.42. The number of hydrogen-bond donors (Lipinski definition) is 1. The molecule has 6 heteroatoms. The molecule has 150 valence electrons. The number of hydrogen-bond acceptors (Lipinski definition) is 4. The molecule has 0 bridgehead atoms. The SMILES string of the molecule is CC(C)c1ccc(OCC(=O)NCC2CCN(C(=O)c3ccoc3)CC2)cc1. The van der Waals surface area contributed by atoms with Gasteiger partial charge in [0.2, 0.25) is 0 Å². The number of benzene rings is 1. The summed E-state index contributed by atoms with van der Waals surface area (Å²) in [6.45, 7) is 6.30. The summed E-state index contributed by atoms with van der Waals surface area (Å²) in [4.78, 5) is 26.2. The molecule has 0 aliphatic carbocycles. The molecule has 2 aromatic rings. The molecule has 0 atom stereocenters. The molecule has 1 fully saturated rings. The van der Waals surface area contributed by atoms with Crippen LogP contribution in [-0.2, 0) is 4.79 Å². The van der Waals surface area contributed by atoms with Gasteiger partial charge < -0.3 is 19.4 Å². The molecule has 0 saturated carbocycles. The molecule has 0 unspecified atom stereocenters. The Kier molecular flexibility index (Phi) is 6.74. The van der Waals surface area contributed by atoms with Crippen molar-refractivity contribution in [2.75, 3.05) is 26.2 Å². The number of carbonyl (C=O) groups is 2. The number of carbonyl (C=O) groups excluding carboxylic acids is 2. The quantitative estimate of drug-likeness (QED) is 0.794. The molecule has 28 heavy (non-hydrogen) atoms. The van der Waals surface area contributed by atoms with Gasteiger partial charge in [0, 0.05) is 19.6 Å². The lowest BCUT2D eigenvalue weighted by atomic mass is 9.96. The Morgan fingerprint density at radius 3 is 2.50 bits per heavy atom. The van der Waals surface area contributed by atoms with E-state index >= 15 is 0 Å². The Hall–Kier alpha value is -2.76. The summed E-state index contributed by atoms with van der Waals surface area (Å²) >= 11 is 0. The van der Waals surface area contributed by atoms with E-state index in [0.29, 0.717) is 42.8 Å². The van der Waals surface area contributed by atoms with E-state index in [9.17, 15) is 9.59 Å². The van der Waals surface area contributed by atoms with Gasteiger partial charge in [-0.3, -0.25) is 9.59 Å². The molecular formula is C22H28N2O4. The lowest BCUT2D eigenvalue weighted by molar-refractivity contribution is -0.123. The molecule has 0 radical (unpaired) electrons. The van der Waals surface area contributed by atoms with E-state index in [2.05, 4.69) is 19.2 Å². The largest absolute Gasteiger partial charge is 0.484 e. The second-order valence-electron chi connectivity index (χ2n) is 7.56. The third-order valence-corrected chi connectivity index (χ3v) is 5.17. The van der Waals surface area contributed by atoms with Crippen molar-refractivity contribution in [3.05, 3.63) is 54.0 Å². The zero-order valence-electron chi connectivity index (χ0n) is 16.5. The predicted octanol–water partition coefficient (Wildman–Crippen LogP) is 3.45. The van der Waals surface area contributed by atoms with Gasteiger partial charge in [0.05, 0.1) is 11.8 Å². The van der Waals surface area contributed by atoms with Crippen molar-refractivity contribution in [3.8, 4) is 5.75 Å². The highest BCUT2D eigenvalue weighted by molar-refractivity contribution is 5.93. The minimum absolute atomic E-state index is 0.00752. The Bertz CT molecular complexity index is 760. The van der Waals surface area contributed by atoms with E-state index in [1.54, 1.807) is 6.07 Å².